The molecule has 0 spiro atoms. The summed E-state index contributed by atoms with van der Waals surface area (Å²) in [6.45, 7) is 5.06. The Labute approximate surface area is 88.6 Å². The van der Waals surface area contributed by atoms with Gasteiger partial charge in [0.05, 0.1) is 4.83 Å². The van der Waals surface area contributed by atoms with Crippen molar-refractivity contribution >= 4 is 21.8 Å². The highest BCUT2D eigenvalue weighted by atomic mass is 79.9. The lowest BCUT2D eigenvalue weighted by Gasteiger charge is -2.13. The highest BCUT2D eigenvalue weighted by Crippen LogP contribution is 2.36. The molecular formula is C10H18BrNO. The minimum atomic E-state index is -0.0149. The Morgan fingerprint density at radius 1 is 1.62 bits per heavy atom. The monoisotopic (exact) mass is 247 g/mol. The van der Waals surface area contributed by atoms with Crippen LogP contribution in [0.3, 0.4) is 0 Å². The highest BCUT2D eigenvalue weighted by Gasteiger charge is 2.28. The van der Waals surface area contributed by atoms with Crippen LogP contribution in [-0.2, 0) is 4.79 Å². The van der Waals surface area contributed by atoms with Gasteiger partial charge in [0.2, 0.25) is 5.91 Å². The number of amides is 1. The molecular weight excluding hydrogens is 230 g/mol. The van der Waals surface area contributed by atoms with E-state index in [-0.39, 0.29) is 10.7 Å². The van der Waals surface area contributed by atoms with Crippen molar-refractivity contribution in [1.29, 1.82) is 0 Å². The quantitative estimate of drug-likeness (QED) is 0.743. The first-order chi connectivity index (χ1) is 6.15. The van der Waals surface area contributed by atoms with Crippen LogP contribution >= 0.6 is 15.9 Å². The van der Waals surface area contributed by atoms with Gasteiger partial charge in [0, 0.05) is 6.54 Å². The molecule has 2 nitrogen and oxygen atoms in total. The number of alkyl halides is 1. The number of halogens is 1. The average Bonchev–Trinajstić information content (AvgIpc) is 2.95. The second-order valence-electron chi connectivity index (χ2n) is 3.94. The van der Waals surface area contributed by atoms with Gasteiger partial charge < -0.3 is 5.32 Å². The van der Waals surface area contributed by atoms with Crippen LogP contribution in [0.2, 0.25) is 0 Å². The highest BCUT2D eigenvalue weighted by molar-refractivity contribution is 9.10. The van der Waals surface area contributed by atoms with Crippen molar-refractivity contribution in [3.05, 3.63) is 0 Å². The van der Waals surface area contributed by atoms with Gasteiger partial charge in [-0.1, -0.05) is 29.8 Å². The molecule has 0 saturated heterocycles. The average molecular weight is 248 g/mol. The molecule has 1 saturated carbocycles. The molecule has 0 aromatic heterocycles. The van der Waals surface area contributed by atoms with Gasteiger partial charge in [0.25, 0.3) is 0 Å². The fourth-order valence-corrected chi connectivity index (χ4v) is 1.55. The van der Waals surface area contributed by atoms with E-state index < -0.39 is 0 Å². The number of nitrogens with one attached hydrogen (secondary N) is 1. The Morgan fingerprint density at radius 2 is 2.23 bits per heavy atom. The van der Waals surface area contributed by atoms with E-state index in [4.69, 9.17) is 0 Å². The molecule has 0 bridgehead atoms. The van der Waals surface area contributed by atoms with Gasteiger partial charge in [-0.15, -0.1) is 0 Å². The van der Waals surface area contributed by atoms with Crippen LogP contribution in [0.5, 0.6) is 0 Å². The molecule has 1 N–H and O–H groups in total. The summed E-state index contributed by atoms with van der Waals surface area (Å²) in [5.74, 6) is 1.66. The minimum absolute atomic E-state index is 0.0149. The molecule has 1 rings (SSSR count). The van der Waals surface area contributed by atoms with E-state index >= 15 is 0 Å². The Hall–Kier alpha value is -0.0500. The molecule has 1 fully saturated rings. The zero-order valence-corrected chi connectivity index (χ0v) is 9.93. The second-order valence-corrected chi connectivity index (χ2v) is 5.04. The molecule has 0 heterocycles. The number of hydrogen-bond donors (Lipinski definition) is 1. The lowest BCUT2D eigenvalue weighted by molar-refractivity contribution is -0.120. The van der Waals surface area contributed by atoms with Gasteiger partial charge in [-0.05, 0) is 31.1 Å². The molecule has 13 heavy (non-hydrogen) atoms. The summed E-state index contributed by atoms with van der Waals surface area (Å²) in [4.78, 5) is 11.3. The van der Waals surface area contributed by atoms with Gasteiger partial charge in [0.1, 0.15) is 0 Å². The summed E-state index contributed by atoms with van der Waals surface area (Å²) in [5, 5.41) is 2.97. The molecule has 1 aliphatic carbocycles. The molecule has 0 aliphatic heterocycles. The Morgan fingerprint density at radius 3 is 2.69 bits per heavy atom. The van der Waals surface area contributed by atoms with Gasteiger partial charge in [-0.3, -0.25) is 4.79 Å². The van der Waals surface area contributed by atoms with E-state index in [1.165, 1.54) is 12.8 Å². The molecule has 0 aromatic rings. The maximum atomic E-state index is 11.4. The zero-order valence-electron chi connectivity index (χ0n) is 8.35. The molecule has 2 atom stereocenters. The number of rotatable bonds is 5. The van der Waals surface area contributed by atoms with Crippen LogP contribution in [0.1, 0.15) is 33.1 Å². The van der Waals surface area contributed by atoms with Gasteiger partial charge >= 0.3 is 0 Å². The second kappa shape index (κ2) is 4.99. The summed E-state index contributed by atoms with van der Waals surface area (Å²) >= 11 is 3.33. The number of carbonyl (C=O) groups excluding carboxylic acids is 1. The van der Waals surface area contributed by atoms with Crippen molar-refractivity contribution in [2.45, 2.75) is 37.9 Å². The van der Waals surface area contributed by atoms with E-state index in [0.29, 0.717) is 5.92 Å². The van der Waals surface area contributed by atoms with Crippen LogP contribution in [0.25, 0.3) is 0 Å². The van der Waals surface area contributed by atoms with Crippen molar-refractivity contribution in [2.24, 2.45) is 11.8 Å². The van der Waals surface area contributed by atoms with E-state index in [9.17, 15) is 4.79 Å². The summed E-state index contributed by atoms with van der Waals surface area (Å²) in [5.41, 5.74) is 0. The third kappa shape index (κ3) is 3.67. The van der Waals surface area contributed by atoms with Gasteiger partial charge in [0.15, 0.2) is 0 Å². The predicted octanol–water partition coefficient (Wildman–Crippen LogP) is 2.32. The Balaban J connectivity index is 2.13. The Bertz CT molecular complexity index is 180. The first-order valence-corrected chi connectivity index (χ1v) is 5.98. The van der Waals surface area contributed by atoms with Crippen molar-refractivity contribution in [3.63, 3.8) is 0 Å². The van der Waals surface area contributed by atoms with Crippen LogP contribution in [0.15, 0.2) is 0 Å². The first kappa shape index (κ1) is 11.0. The molecule has 1 aliphatic rings. The molecule has 2 unspecified atom stereocenters. The third-order valence-corrected chi connectivity index (χ3v) is 3.73. The minimum Gasteiger partial charge on any atom is -0.355 e. The predicted molar refractivity (Wildman–Crippen MR) is 57.9 cm³/mol. The first-order valence-electron chi connectivity index (χ1n) is 5.07. The molecule has 76 valence electrons. The summed E-state index contributed by atoms with van der Waals surface area (Å²) in [6.07, 6.45) is 3.55. The van der Waals surface area contributed by atoms with E-state index in [0.717, 1.165) is 18.9 Å². The lowest BCUT2D eigenvalue weighted by atomic mass is 10.1. The van der Waals surface area contributed by atoms with Crippen molar-refractivity contribution < 1.29 is 4.79 Å². The maximum Gasteiger partial charge on any atom is 0.233 e. The number of carbonyl (C=O) groups is 1. The largest absolute Gasteiger partial charge is 0.355 e. The summed E-state index contributed by atoms with van der Waals surface area (Å²) in [7, 11) is 0. The van der Waals surface area contributed by atoms with E-state index in [1.54, 1.807) is 0 Å². The number of hydrogen-bond acceptors (Lipinski definition) is 1. The van der Waals surface area contributed by atoms with Crippen LogP contribution < -0.4 is 5.32 Å². The SMILES string of the molecule is CCC(Br)C(=O)NCC(C)C1CC1. The summed E-state index contributed by atoms with van der Waals surface area (Å²) < 4.78 is 0. The normalized spacial score (nSPS) is 20.8. The smallest absolute Gasteiger partial charge is 0.233 e. The maximum absolute atomic E-state index is 11.4. The van der Waals surface area contributed by atoms with E-state index in [1.807, 2.05) is 6.92 Å². The van der Waals surface area contributed by atoms with Crippen LogP contribution in [-0.4, -0.2) is 17.3 Å². The molecule has 0 radical (unpaired) electrons. The summed E-state index contributed by atoms with van der Waals surface area (Å²) in [6, 6.07) is 0. The zero-order chi connectivity index (χ0) is 9.84. The standard InChI is InChI=1S/C10H18BrNO/c1-3-9(11)10(13)12-6-7(2)8-4-5-8/h7-9H,3-6H2,1-2H3,(H,12,13). The lowest BCUT2D eigenvalue weighted by Crippen LogP contribution is -2.34. The van der Waals surface area contributed by atoms with Gasteiger partial charge in [-0.25, -0.2) is 0 Å². The molecule has 3 heteroatoms. The van der Waals surface area contributed by atoms with Crippen LogP contribution in [0, 0.1) is 11.8 Å². The fraction of sp³-hybridized carbons (Fsp3) is 0.900. The Kier molecular flexibility index (Phi) is 4.23. The van der Waals surface area contributed by atoms with E-state index in [2.05, 4.69) is 28.2 Å². The fourth-order valence-electron chi connectivity index (χ4n) is 1.39. The van der Waals surface area contributed by atoms with Crippen molar-refractivity contribution in [3.8, 4) is 0 Å². The molecule has 1 amide bonds. The topological polar surface area (TPSA) is 29.1 Å². The van der Waals surface area contributed by atoms with Gasteiger partial charge in [-0.2, -0.15) is 0 Å². The molecule has 0 aromatic carbocycles. The van der Waals surface area contributed by atoms with Crippen molar-refractivity contribution in [1.82, 2.24) is 5.32 Å². The van der Waals surface area contributed by atoms with Crippen molar-refractivity contribution in [2.75, 3.05) is 6.54 Å². The third-order valence-electron chi connectivity index (χ3n) is 2.67. The van der Waals surface area contributed by atoms with Crippen LogP contribution in [0.4, 0.5) is 0 Å².